The van der Waals surface area contributed by atoms with Gasteiger partial charge in [0.05, 0.1) is 5.56 Å². The minimum atomic E-state index is -1.25. The summed E-state index contributed by atoms with van der Waals surface area (Å²) in [6.45, 7) is 5.15. The van der Waals surface area contributed by atoms with Crippen molar-refractivity contribution >= 4 is 17.9 Å². The summed E-state index contributed by atoms with van der Waals surface area (Å²) in [6, 6.07) is 8.66. The van der Waals surface area contributed by atoms with E-state index in [0.29, 0.717) is 5.56 Å². The number of carbonyl (C=O) groups is 2. The summed E-state index contributed by atoms with van der Waals surface area (Å²) < 4.78 is 10.1. The number of rotatable bonds is 3. The largest absolute Gasteiger partial charge is 0.476 e. The molecule has 0 fully saturated rings. The molecular weight excluding hydrogens is 288 g/mol. The van der Waals surface area contributed by atoms with Gasteiger partial charge < -0.3 is 14.4 Å². The Hall–Kier alpha value is -2.83. The van der Waals surface area contributed by atoms with Gasteiger partial charge in [-0.15, -0.1) is 0 Å². The lowest BCUT2D eigenvalue weighted by molar-refractivity contribution is 0.0630. The molecule has 1 aromatic heterocycles. The zero-order valence-electron chi connectivity index (χ0n) is 12.4. The van der Waals surface area contributed by atoms with Gasteiger partial charge in [0.25, 0.3) is 0 Å². The van der Waals surface area contributed by atoms with E-state index in [1.54, 1.807) is 51.1 Å². The summed E-state index contributed by atoms with van der Waals surface area (Å²) in [5, 5.41) is 15.1. The van der Waals surface area contributed by atoms with Crippen LogP contribution in [0.5, 0.6) is 0 Å². The highest BCUT2D eigenvalue weighted by atomic mass is 16.6. The highest BCUT2D eigenvalue weighted by Gasteiger charge is 2.25. The summed E-state index contributed by atoms with van der Waals surface area (Å²) in [6.07, 6.45) is -0.752. The Morgan fingerprint density at radius 3 is 2.41 bits per heavy atom. The summed E-state index contributed by atoms with van der Waals surface area (Å²) in [5.41, 5.74) is -0.212. The van der Waals surface area contributed by atoms with Crippen LogP contribution >= 0.6 is 0 Å². The fraction of sp³-hybridized carbons (Fsp3) is 0.267. The maximum atomic E-state index is 11.8. The van der Waals surface area contributed by atoms with E-state index in [9.17, 15) is 14.7 Å². The van der Waals surface area contributed by atoms with E-state index in [4.69, 9.17) is 9.26 Å². The van der Waals surface area contributed by atoms with E-state index in [-0.39, 0.29) is 17.1 Å². The van der Waals surface area contributed by atoms with Crippen molar-refractivity contribution in [3.8, 4) is 11.1 Å². The Morgan fingerprint density at radius 2 is 1.86 bits per heavy atom. The number of aromatic carboxylic acids is 1. The fourth-order valence-electron chi connectivity index (χ4n) is 1.79. The molecule has 0 aliphatic heterocycles. The number of aromatic nitrogens is 1. The van der Waals surface area contributed by atoms with Gasteiger partial charge >= 0.3 is 12.1 Å². The van der Waals surface area contributed by atoms with Gasteiger partial charge in [0.1, 0.15) is 5.60 Å². The Labute approximate surface area is 126 Å². The van der Waals surface area contributed by atoms with E-state index in [0.717, 1.165) is 0 Å². The molecule has 0 bridgehead atoms. The van der Waals surface area contributed by atoms with Gasteiger partial charge in [-0.3, -0.25) is 5.32 Å². The minimum absolute atomic E-state index is 0.0714. The van der Waals surface area contributed by atoms with Gasteiger partial charge in [0.2, 0.25) is 11.6 Å². The third kappa shape index (κ3) is 3.63. The Balaban J connectivity index is 2.37. The number of hydrogen-bond donors (Lipinski definition) is 2. The van der Waals surface area contributed by atoms with Crippen molar-refractivity contribution in [2.45, 2.75) is 26.4 Å². The highest BCUT2D eigenvalue weighted by Crippen LogP contribution is 2.32. The molecule has 0 spiro atoms. The van der Waals surface area contributed by atoms with Crippen molar-refractivity contribution in [1.29, 1.82) is 0 Å². The molecule has 0 saturated heterocycles. The zero-order chi connectivity index (χ0) is 16.3. The van der Waals surface area contributed by atoms with Crippen molar-refractivity contribution < 1.29 is 24.0 Å². The Morgan fingerprint density at radius 1 is 1.23 bits per heavy atom. The zero-order valence-corrected chi connectivity index (χ0v) is 12.4. The van der Waals surface area contributed by atoms with Crippen LogP contribution in [0.3, 0.4) is 0 Å². The van der Waals surface area contributed by atoms with Crippen LogP contribution in [-0.4, -0.2) is 27.9 Å². The molecule has 0 atom stereocenters. The van der Waals surface area contributed by atoms with Crippen LogP contribution in [0.4, 0.5) is 10.7 Å². The molecule has 116 valence electrons. The molecule has 0 saturated carbocycles. The topological polar surface area (TPSA) is 102 Å². The number of ether oxygens (including phenoxy) is 1. The van der Waals surface area contributed by atoms with Crippen LogP contribution in [0.1, 0.15) is 31.3 Å². The number of carboxylic acid groups (broad SMARTS) is 1. The molecule has 2 aromatic rings. The van der Waals surface area contributed by atoms with E-state index < -0.39 is 17.7 Å². The lowest BCUT2D eigenvalue weighted by Gasteiger charge is -2.19. The Kier molecular flexibility index (Phi) is 4.16. The van der Waals surface area contributed by atoms with Crippen LogP contribution in [0.25, 0.3) is 11.1 Å². The SMILES string of the molecule is CC(C)(C)OC(=O)Nc1onc(C(=O)O)c1-c1ccccc1. The number of nitrogens with one attached hydrogen (secondary N) is 1. The van der Waals surface area contributed by atoms with Gasteiger partial charge in [-0.25, -0.2) is 9.59 Å². The maximum Gasteiger partial charge on any atom is 0.414 e. The average Bonchev–Trinajstić information content (AvgIpc) is 2.81. The van der Waals surface area contributed by atoms with Crippen molar-refractivity contribution in [2.75, 3.05) is 5.32 Å². The van der Waals surface area contributed by atoms with Gasteiger partial charge in [0.15, 0.2) is 0 Å². The fourth-order valence-corrected chi connectivity index (χ4v) is 1.79. The molecule has 22 heavy (non-hydrogen) atoms. The molecule has 0 radical (unpaired) electrons. The molecule has 1 aromatic carbocycles. The Bertz CT molecular complexity index is 686. The second-order valence-electron chi connectivity index (χ2n) is 5.53. The molecule has 0 aliphatic carbocycles. The predicted molar refractivity (Wildman–Crippen MR) is 78.8 cm³/mol. The van der Waals surface area contributed by atoms with Gasteiger partial charge in [-0.1, -0.05) is 35.5 Å². The molecule has 7 nitrogen and oxygen atoms in total. The number of carboxylic acids is 1. The number of amides is 1. The van der Waals surface area contributed by atoms with Crippen LogP contribution < -0.4 is 5.32 Å². The number of anilines is 1. The normalized spacial score (nSPS) is 11.0. The van der Waals surface area contributed by atoms with Crippen LogP contribution in [-0.2, 0) is 4.74 Å². The predicted octanol–water partition coefficient (Wildman–Crippen LogP) is 3.39. The standard InChI is InChI=1S/C15H16N2O5/c1-15(2,3)21-14(20)16-12-10(9-7-5-4-6-8-9)11(13(18)19)17-22-12/h4-8H,1-3H3,(H,16,20)(H,18,19). The molecule has 2 rings (SSSR count). The highest BCUT2D eigenvalue weighted by molar-refractivity contribution is 5.99. The monoisotopic (exact) mass is 304 g/mol. The van der Waals surface area contributed by atoms with Crippen molar-refractivity contribution in [3.05, 3.63) is 36.0 Å². The van der Waals surface area contributed by atoms with Crippen LogP contribution in [0.15, 0.2) is 34.9 Å². The first-order chi connectivity index (χ1) is 10.3. The van der Waals surface area contributed by atoms with Crippen LogP contribution in [0, 0.1) is 0 Å². The summed E-state index contributed by atoms with van der Waals surface area (Å²) >= 11 is 0. The van der Waals surface area contributed by atoms with Crippen molar-refractivity contribution in [2.24, 2.45) is 0 Å². The minimum Gasteiger partial charge on any atom is -0.476 e. The molecule has 0 aliphatic rings. The first kappa shape index (κ1) is 15.6. The van der Waals surface area contributed by atoms with E-state index in [1.165, 1.54) is 0 Å². The molecule has 1 heterocycles. The van der Waals surface area contributed by atoms with Gasteiger partial charge in [0, 0.05) is 0 Å². The quantitative estimate of drug-likeness (QED) is 0.901. The molecule has 7 heteroatoms. The van der Waals surface area contributed by atoms with Crippen LogP contribution in [0.2, 0.25) is 0 Å². The van der Waals surface area contributed by atoms with Gasteiger partial charge in [-0.2, -0.15) is 0 Å². The molecule has 1 amide bonds. The van der Waals surface area contributed by atoms with Crippen molar-refractivity contribution in [1.82, 2.24) is 5.16 Å². The van der Waals surface area contributed by atoms with E-state index >= 15 is 0 Å². The number of benzene rings is 1. The lowest BCUT2D eigenvalue weighted by atomic mass is 10.1. The third-order valence-corrected chi connectivity index (χ3v) is 2.57. The third-order valence-electron chi connectivity index (χ3n) is 2.57. The molecular formula is C15H16N2O5. The average molecular weight is 304 g/mol. The first-order valence-corrected chi connectivity index (χ1v) is 6.56. The van der Waals surface area contributed by atoms with Gasteiger partial charge in [-0.05, 0) is 26.3 Å². The maximum absolute atomic E-state index is 11.8. The van der Waals surface area contributed by atoms with E-state index in [1.807, 2.05) is 0 Å². The number of carbonyl (C=O) groups excluding carboxylic acids is 1. The summed E-state index contributed by atoms with van der Waals surface area (Å²) in [7, 11) is 0. The number of hydrogen-bond acceptors (Lipinski definition) is 5. The summed E-state index contributed by atoms with van der Waals surface area (Å²) in [4.78, 5) is 23.1. The van der Waals surface area contributed by atoms with Crippen molar-refractivity contribution in [3.63, 3.8) is 0 Å². The lowest BCUT2D eigenvalue weighted by Crippen LogP contribution is -2.27. The second kappa shape index (κ2) is 5.88. The number of nitrogens with zero attached hydrogens (tertiary/aromatic N) is 1. The molecule has 2 N–H and O–H groups in total. The summed E-state index contributed by atoms with van der Waals surface area (Å²) in [5.74, 6) is -1.32. The second-order valence-corrected chi connectivity index (χ2v) is 5.53. The first-order valence-electron chi connectivity index (χ1n) is 6.56. The molecule has 0 unspecified atom stereocenters. The van der Waals surface area contributed by atoms with E-state index in [2.05, 4.69) is 10.5 Å². The smallest absolute Gasteiger partial charge is 0.414 e.